The normalized spacial score (nSPS) is 18.7. The van der Waals surface area contributed by atoms with Crippen LogP contribution in [0.2, 0.25) is 0 Å². The Balaban J connectivity index is 1.65. The quantitative estimate of drug-likeness (QED) is 0.457. The molecule has 1 saturated heterocycles. The average molecular weight is 518 g/mol. The van der Waals surface area contributed by atoms with Crippen molar-refractivity contribution in [1.82, 2.24) is 25.6 Å². The van der Waals surface area contributed by atoms with Gasteiger partial charge in [0.15, 0.2) is 0 Å². The van der Waals surface area contributed by atoms with Gasteiger partial charge in [-0.05, 0) is 28.7 Å². The summed E-state index contributed by atoms with van der Waals surface area (Å²) >= 11 is 0. The predicted octanol–water partition coefficient (Wildman–Crippen LogP) is 4.33. The monoisotopic (exact) mass is 517 g/mol. The van der Waals surface area contributed by atoms with Crippen LogP contribution >= 0.6 is 0 Å². The van der Waals surface area contributed by atoms with Crippen molar-refractivity contribution in [3.05, 3.63) is 82.7 Å². The van der Waals surface area contributed by atoms with Gasteiger partial charge in [-0.3, -0.25) is 14.7 Å². The molecule has 2 aromatic carbocycles. The van der Waals surface area contributed by atoms with E-state index in [-0.39, 0.29) is 36.4 Å². The molecule has 3 aromatic rings. The fourth-order valence-corrected chi connectivity index (χ4v) is 4.62. The SMILES string of the molecule is CC(C)c1ccc(C(NC(=O)C2CC(F)CN2C(=O)Cc2cnn[nH]2)c2ccccc2)cc1C(F)(F)F. The first-order chi connectivity index (χ1) is 17.5. The van der Waals surface area contributed by atoms with E-state index >= 15 is 0 Å². The number of likely N-dealkylation sites (tertiary alicyclic amines) is 1. The fourth-order valence-electron chi connectivity index (χ4n) is 4.62. The molecule has 0 aliphatic carbocycles. The van der Waals surface area contributed by atoms with Crippen LogP contribution in [0.3, 0.4) is 0 Å². The molecule has 2 heterocycles. The summed E-state index contributed by atoms with van der Waals surface area (Å²) in [5, 5.41) is 12.5. The first kappa shape index (κ1) is 26.3. The zero-order valence-corrected chi connectivity index (χ0v) is 20.3. The maximum atomic E-state index is 14.4. The van der Waals surface area contributed by atoms with E-state index in [0.717, 1.165) is 11.0 Å². The van der Waals surface area contributed by atoms with Gasteiger partial charge < -0.3 is 10.2 Å². The van der Waals surface area contributed by atoms with Crippen LogP contribution in [-0.4, -0.2) is 50.9 Å². The molecular formula is C26H27F4N5O2. The topological polar surface area (TPSA) is 91.0 Å². The minimum absolute atomic E-state index is 0.142. The molecule has 0 saturated carbocycles. The number of alkyl halides is 4. The van der Waals surface area contributed by atoms with Gasteiger partial charge in [0.2, 0.25) is 11.8 Å². The van der Waals surface area contributed by atoms with Gasteiger partial charge in [-0.1, -0.05) is 61.5 Å². The zero-order chi connectivity index (χ0) is 26.7. The number of hydrogen-bond donors (Lipinski definition) is 2. The average Bonchev–Trinajstić information content (AvgIpc) is 3.51. The molecule has 2 N–H and O–H groups in total. The van der Waals surface area contributed by atoms with Crippen molar-refractivity contribution < 1.29 is 27.2 Å². The number of aromatic amines is 1. The van der Waals surface area contributed by atoms with Gasteiger partial charge in [0.05, 0.1) is 36.5 Å². The molecule has 3 unspecified atom stereocenters. The van der Waals surface area contributed by atoms with Crippen LogP contribution in [0.1, 0.15) is 60.2 Å². The summed E-state index contributed by atoms with van der Waals surface area (Å²) in [7, 11) is 0. The Hall–Kier alpha value is -3.76. The molecule has 1 aromatic heterocycles. The Bertz CT molecular complexity index is 1230. The lowest BCUT2D eigenvalue weighted by molar-refractivity contribution is -0.138. The Labute approximate surface area is 211 Å². The van der Waals surface area contributed by atoms with Gasteiger partial charge >= 0.3 is 6.18 Å². The van der Waals surface area contributed by atoms with E-state index in [4.69, 9.17) is 0 Å². The molecule has 11 heteroatoms. The number of benzene rings is 2. The molecule has 196 valence electrons. The Morgan fingerprint density at radius 3 is 2.49 bits per heavy atom. The van der Waals surface area contributed by atoms with E-state index < -0.39 is 41.8 Å². The van der Waals surface area contributed by atoms with Crippen molar-refractivity contribution >= 4 is 11.8 Å². The van der Waals surface area contributed by atoms with Crippen LogP contribution in [0.4, 0.5) is 17.6 Å². The third kappa shape index (κ3) is 5.98. The second-order valence-electron chi connectivity index (χ2n) is 9.40. The summed E-state index contributed by atoms with van der Waals surface area (Å²) < 4.78 is 56.1. The highest BCUT2D eigenvalue weighted by atomic mass is 19.4. The fraction of sp³-hybridized carbons (Fsp3) is 0.385. The number of nitrogens with zero attached hydrogens (tertiary/aromatic N) is 3. The van der Waals surface area contributed by atoms with Crippen LogP contribution < -0.4 is 5.32 Å². The number of H-pyrrole nitrogens is 1. The summed E-state index contributed by atoms with van der Waals surface area (Å²) in [6.07, 6.45) is -4.98. The van der Waals surface area contributed by atoms with Crippen molar-refractivity contribution in [3.63, 3.8) is 0 Å². The molecule has 1 fully saturated rings. The van der Waals surface area contributed by atoms with E-state index in [0.29, 0.717) is 11.3 Å². The smallest absolute Gasteiger partial charge is 0.343 e. The molecule has 1 aliphatic heterocycles. The molecule has 2 amide bonds. The molecule has 3 atom stereocenters. The highest BCUT2D eigenvalue weighted by Gasteiger charge is 2.41. The van der Waals surface area contributed by atoms with Gasteiger partial charge in [0.1, 0.15) is 12.2 Å². The van der Waals surface area contributed by atoms with Crippen LogP contribution in [0.25, 0.3) is 0 Å². The first-order valence-corrected chi connectivity index (χ1v) is 11.9. The number of halogens is 4. The van der Waals surface area contributed by atoms with Crippen molar-refractivity contribution in [2.24, 2.45) is 0 Å². The largest absolute Gasteiger partial charge is 0.416 e. The standard InChI is InChI=1S/C26H27F4N5O2/c1-15(2)20-9-8-17(10-21(20)26(28,29)30)24(16-6-4-3-5-7-16)32-25(37)22-11-18(27)14-35(22)23(36)12-19-13-31-34-33-19/h3-10,13,15,18,22,24H,11-12,14H2,1-2H3,(H,32,37)(H,31,33,34). The van der Waals surface area contributed by atoms with Gasteiger partial charge in [0, 0.05) is 6.42 Å². The summed E-state index contributed by atoms with van der Waals surface area (Å²) in [6.45, 7) is 3.11. The number of hydrogen-bond acceptors (Lipinski definition) is 4. The number of amides is 2. The third-order valence-corrected chi connectivity index (χ3v) is 6.44. The zero-order valence-electron chi connectivity index (χ0n) is 20.3. The highest BCUT2D eigenvalue weighted by molar-refractivity contribution is 5.89. The first-order valence-electron chi connectivity index (χ1n) is 11.9. The van der Waals surface area contributed by atoms with E-state index in [1.165, 1.54) is 12.3 Å². The Morgan fingerprint density at radius 2 is 1.86 bits per heavy atom. The highest BCUT2D eigenvalue weighted by Crippen LogP contribution is 2.38. The molecule has 4 rings (SSSR count). The lowest BCUT2D eigenvalue weighted by Gasteiger charge is -2.27. The summed E-state index contributed by atoms with van der Waals surface area (Å²) in [5.74, 6) is -1.49. The second kappa shape index (κ2) is 10.7. The second-order valence-corrected chi connectivity index (χ2v) is 9.40. The Kier molecular flexibility index (Phi) is 7.60. The number of aromatic nitrogens is 3. The van der Waals surface area contributed by atoms with Gasteiger partial charge in [-0.25, -0.2) is 4.39 Å². The molecule has 0 bridgehead atoms. The Morgan fingerprint density at radius 1 is 1.14 bits per heavy atom. The molecule has 0 radical (unpaired) electrons. The lowest BCUT2D eigenvalue weighted by Crippen LogP contribution is -2.47. The number of carbonyl (C=O) groups excluding carboxylic acids is 2. The minimum atomic E-state index is -4.58. The van der Waals surface area contributed by atoms with Crippen molar-refractivity contribution in [1.29, 1.82) is 0 Å². The van der Waals surface area contributed by atoms with Crippen LogP contribution in [0.5, 0.6) is 0 Å². The third-order valence-electron chi connectivity index (χ3n) is 6.44. The van der Waals surface area contributed by atoms with E-state index in [1.54, 1.807) is 50.2 Å². The lowest BCUT2D eigenvalue weighted by atomic mass is 9.90. The molecule has 1 aliphatic rings. The summed E-state index contributed by atoms with van der Waals surface area (Å²) in [4.78, 5) is 27.4. The van der Waals surface area contributed by atoms with Crippen LogP contribution in [0.15, 0.2) is 54.7 Å². The summed E-state index contributed by atoms with van der Waals surface area (Å²) in [5.41, 5.74) is 0.573. The number of carbonyl (C=O) groups is 2. The number of nitrogens with one attached hydrogen (secondary N) is 2. The van der Waals surface area contributed by atoms with Crippen LogP contribution in [0, 0.1) is 0 Å². The van der Waals surface area contributed by atoms with Gasteiger partial charge in [0.25, 0.3) is 0 Å². The molecular weight excluding hydrogens is 490 g/mol. The van der Waals surface area contributed by atoms with Crippen molar-refractivity contribution in [2.45, 2.75) is 57.0 Å². The van der Waals surface area contributed by atoms with Crippen molar-refractivity contribution in [3.8, 4) is 0 Å². The minimum Gasteiger partial charge on any atom is -0.343 e. The maximum Gasteiger partial charge on any atom is 0.416 e. The number of rotatable bonds is 7. The molecule has 37 heavy (non-hydrogen) atoms. The van der Waals surface area contributed by atoms with Crippen molar-refractivity contribution in [2.75, 3.05) is 6.54 Å². The maximum absolute atomic E-state index is 14.4. The predicted molar refractivity (Wildman–Crippen MR) is 127 cm³/mol. The van der Waals surface area contributed by atoms with E-state index in [2.05, 4.69) is 20.7 Å². The van der Waals surface area contributed by atoms with Gasteiger partial charge in [-0.2, -0.15) is 13.2 Å². The van der Waals surface area contributed by atoms with E-state index in [9.17, 15) is 27.2 Å². The van der Waals surface area contributed by atoms with E-state index in [1.807, 2.05) is 0 Å². The van der Waals surface area contributed by atoms with Gasteiger partial charge in [-0.15, -0.1) is 5.10 Å². The molecule has 0 spiro atoms. The summed E-state index contributed by atoms with van der Waals surface area (Å²) in [6, 6.07) is 10.5. The van der Waals surface area contributed by atoms with Crippen LogP contribution in [-0.2, 0) is 22.2 Å². The molecule has 7 nitrogen and oxygen atoms in total.